The fourth-order valence-corrected chi connectivity index (χ4v) is 1.45. The zero-order valence-electron chi connectivity index (χ0n) is 6.25. The summed E-state index contributed by atoms with van der Waals surface area (Å²) in [6.07, 6.45) is 0. The summed E-state index contributed by atoms with van der Waals surface area (Å²) in [6, 6.07) is 2.07. The Kier molecular flexibility index (Phi) is 2.35. The highest BCUT2D eigenvalue weighted by molar-refractivity contribution is 6.21. The fourth-order valence-electron chi connectivity index (χ4n) is 1.14. The fraction of sp³-hybridized carbons (Fsp3) is 0.714. The molecule has 0 bridgehead atoms. The van der Waals surface area contributed by atoms with Crippen molar-refractivity contribution >= 4 is 17.5 Å². The predicted octanol–water partition coefficient (Wildman–Crippen LogP) is 0.596. The molecule has 0 aliphatic carbocycles. The van der Waals surface area contributed by atoms with Gasteiger partial charge in [0.05, 0.1) is 17.4 Å². The van der Waals surface area contributed by atoms with Crippen LogP contribution in [-0.2, 0) is 4.79 Å². The van der Waals surface area contributed by atoms with Gasteiger partial charge in [0.1, 0.15) is 0 Å². The monoisotopic (exact) mass is 172 g/mol. The minimum atomic E-state index is -0.194. The molecular formula is C7H9ClN2O. The van der Waals surface area contributed by atoms with Crippen LogP contribution in [0.3, 0.4) is 0 Å². The highest BCUT2D eigenvalue weighted by atomic mass is 35.5. The Bertz CT molecular complexity index is 211. The normalized spacial score (nSPS) is 30.1. The maximum Gasteiger partial charge on any atom is 0.219 e. The Labute approximate surface area is 70.5 Å². The van der Waals surface area contributed by atoms with Crippen LogP contribution in [0.4, 0.5) is 0 Å². The molecule has 1 saturated heterocycles. The second-order valence-electron chi connectivity index (χ2n) is 2.68. The molecule has 2 unspecified atom stereocenters. The molecule has 1 heterocycles. The number of nitrogens with zero attached hydrogens (tertiary/aromatic N) is 2. The van der Waals surface area contributed by atoms with Crippen molar-refractivity contribution in [2.75, 3.05) is 13.1 Å². The van der Waals surface area contributed by atoms with Crippen LogP contribution in [-0.4, -0.2) is 29.3 Å². The van der Waals surface area contributed by atoms with Gasteiger partial charge in [-0.15, -0.1) is 11.6 Å². The Morgan fingerprint density at radius 2 is 2.36 bits per heavy atom. The summed E-state index contributed by atoms with van der Waals surface area (Å²) in [6.45, 7) is 2.48. The van der Waals surface area contributed by atoms with E-state index in [1.54, 1.807) is 4.90 Å². The Balaban J connectivity index is 2.58. The quantitative estimate of drug-likeness (QED) is 0.502. The summed E-state index contributed by atoms with van der Waals surface area (Å²) in [5, 5.41) is 8.37. The summed E-state index contributed by atoms with van der Waals surface area (Å²) < 4.78 is 0. The molecule has 1 aliphatic rings. The lowest BCUT2D eigenvalue weighted by Crippen LogP contribution is -2.26. The molecule has 0 aromatic heterocycles. The molecule has 11 heavy (non-hydrogen) atoms. The van der Waals surface area contributed by atoms with Crippen molar-refractivity contribution < 1.29 is 4.79 Å². The molecule has 2 atom stereocenters. The number of hydrogen-bond acceptors (Lipinski definition) is 2. The molecule has 0 aromatic rings. The molecule has 0 saturated carbocycles. The molecule has 0 N–H and O–H groups in total. The maximum absolute atomic E-state index is 10.8. The number of carbonyl (C=O) groups is 1. The van der Waals surface area contributed by atoms with Gasteiger partial charge in [-0.25, -0.2) is 0 Å². The van der Waals surface area contributed by atoms with Crippen molar-refractivity contribution in [1.29, 1.82) is 5.26 Å². The summed E-state index contributed by atoms with van der Waals surface area (Å²) in [5.41, 5.74) is 0. The second-order valence-corrected chi connectivity index (χ2v) is 3.24. The smallest absolute Gasteiger partial charge is 0.219 e. The number of rotatable bonds is 0. The van der Waals surface area contributed by atoms with Crippen LogP contribution in [0, 0.1) is 17.2 Å². The van der Waals surface area contributed by atoms with Crippen molar-refractivity contribution in [3.8, 4) is 6.07 Å². The third-order valence-electron chi connectivity index (χ3n) is 1.86. The first-order valence-corrected chi connectivity index (χ1v) is 3.88. The first kappa shape index (κ1) is 8.35. The highest BCUT2D eigenvalue weighted by Gasteiger charge is 2.32. The number of likely N-dealkylation sites (tertiary alicyclic amines) is 1. The molecule has 1 amide bonds. The van der Waals surface area contributed by atoms with Crippen LogP contribution in [0.1, 0.15) is 6.92 Å². The van der Waals surface area contributed by atoms with Crippen LogP contribution in [0.25, 0.3) is 0 Å². The van der Waals surface area contributed by atoms with E-state index in [0.717, 1.165) is 0 Å². The largest absolute Gasteiger partial charge is 0.340 e. The summed E-state index contributed by atoms with van der Waals surface area (Å²) >= 11 is 5.80. The van der Waals surface area contributed by atoms with Gasteiger partial charge in [0.15, 0.2) is 0 Å². The second kappa shape index (κ2) is 3.10. The van der Waals surface area contributed by atoms with Gasteiger partial charge < -0.3 is 4.90 Å². The Morgan fingerprint density at radius 3 is 2.64 bits per heavy atom. The van der Waals surface area contributed by atoms with Crippen molar-refractivity contribution in [3.63, 3.8) is 0 Å². The molecule has 0 radical (unpaired) electrons. The van der Waals surface area contributed by atoms with E-state index in [1.165, 1.54) is 6.92 Å². The van der Waals surface area contributed by atoms with Crippen LogP contribution >= 0.6 is 11.6 Å². The van der Waals surface area contributed by atoms with E-state index in [2.05, 4.69) is 6.07 Å². The van der Waals surface area contributed by atoms with Crippen molar-refractivity contribution in [2.45, 2.75) is 12.3 Å². The lowest BCUT2D eigenvalue weighted by Gasteiger charge is -2.10. The number of hydrogen-bond donors (Lipinski definition) is 0. The molecule has 1 fully saturated rings. The zero-order chi connectivity index (χ0) is 8.43. The summed E-state index contributed by atoms with van der Waals surface area (Å²) in [7, 11) is 0. The van der Waals surface area contributed by atoms with Crippen LogP contribution in [0.15, 0.2) is 0 Å². The first-order chi connectivity index (χ1) is 5.15. The van der Waals surface area contributed by atoms with E-state index >= 15 is 0 Å². The number of halogens is 1. The Hall–Kier alpha value is -0.750. The average Bonchev–Trinajstić information content (AvgIpc) is 2.31. The number of carbonyl (C=O) groups excluding carboxylic acids is 1. The molecule has 0 spiro atoms. The third kappa shape index (κ3) is 1.63. The number of amides is 1. The maximum atomic E-state index is 10.8. The van der Waals surface area contributed by atoms with Crippen LogP contribution < -0.4 is 0 Å². The summed E-state index contributed by atoms with van der Waals surface area (Å²) in [5.74, 6) is -0.200. The lowest BCUT2D eigenvalue weighted by molar-refractivity contribution is -0.127. The van der Waals surface area contributed by atoms with Gasteiger partial charge in [-0.2, -0.15) is 5.26 Å². The molecule has 60 valence electrons. The molecule has 4 heteroatoms. The topological polar surface area (TPSA) is 44.1 Å². The molecule has 1 rings (SSSR count). The minimum absolute atomic E-state index is 0.00611. The van der Waals surface area contributed by atoms with Crippen molar-refractivity contribution in [1.82, 2.24) is 4.90 Å². The number of nitriles is 1. The molecular weight excluding hydrogens is 164 g/mol. The molecule has 3 nitrogen and oxygen atoms in total. The van der Waals surface area contributed by atoms with Crippen molar-refractivity contribution in [2.24, 2.45) is 5.92 Å². The number of alkyl halides is 1. The van der Waals surface area contributed by atoms with Gasteiger partial charge in [0, 0.05) is 20.0 Å². The standard InChI is InChI=1S/C7H9ClN2O/c1-5(11)10-3-6(2-9)7(8)4-10/h6-7H,3-4H2,1H3. The van der Waals surface area contributed by atoms with Gasteiger partial charge in [0.2, 0.25) is 5.91 Å². The van der Waals surface area contributed by atoms with Gasteiger partial charge in [-0.3, -0.25) is 4.79 Å². The SMILES string of the molecule is CC(=O)N1CC(Cl)C(C#N)C1. The van der Waals surface area contributed by atoms with Crippen LogP contribution in [0.2, 0.25) is 0 Å². The van der Waals surface area contributed by atoms with Crippen LogP contribution in [0.5, 0.6) is 0 Å². The van der Waals surface area contributed by atoms with E-state index in [4.69, 9.17) is 16.9 Å². The predicted molar refractivity (Wildman–Crippen MR) is 41.0 cm³/mol. The van der Waals surface area contributed by atoms with Crippen molar-refractivity contribution in [3.05, 3.63) is 0 Å². The van der Waals surface area contributed by atoms with Gasteiger partial charge in [-0.1, -0.05) is 0 Å². The average molecular weight is 173 g/mol. The van der Waals surface area contributed by atoms with E-state index in [1.807, 2.05) is 0 Å². The lowest BCUT2D eigenvalue weighted by atomic mass is 10.1. The Morgan fingerprint density at radius 1 is 1.73 bits per heavy atom. The minimum Gasteiger partial charge on any atom is -0.340 e. The van der Waals surface area contributed by atoms with Gasteiger partial charge >= 0.3 is 0 Å². The van der Waals surface area contributed by atoms with Gasteiger partial charge in [-0.05, 0) is 0 Å². The zero-order valence-corrected chi connectivity index (χ0v) is 7.01. The van der Waals surface area contributed by atoms with E-state index in [-0.39, 0.29) is 17.2 Å². The van der Waals surface area contributed by atoms with E-state index in [0.29, 0.717) is 13.1 Å². The van der Waals surface area contributed by atoms with Gasteiger partial charge in [0.25, 0.3) is 0 Å². The molecule has 0 aromatic carbocycles. The highest BCUT2D eigenvalue weighted by Crippen LogP contribution is 2.20. The third-order valence-corrected chi connectivity index (χ3v) is 2.30. The molecule has 1 aliphatic heterocycles. The first-order valence-electron chi connectivity index (χ1n) is 3.44. The van der Waals surface area contributed by atoms with E-state index in [9.17, 15) is 4.79 Å². The summed E-state index contributed by atoms with van der Waals surface area (Å²) in [4.78, 5) is 12.4. The van der Waals surface area contributed by atoms with E-state index < -0.39 is 0 Å².